The average molecular weight is 405 g/mol. The summed E-state index contributed by atoms with van der Waals surface area (Å²) in [4.78, 5) is 43.5. The molecule has 2 radical (unpaired) electrons. The number of carbonyl (C=O) groups is 2. The molecule has 0 fully saturated rings. The first-order valence-corrected chi connectivity index (χ1v) is 7.89. The number of rotatable bonds is 2. The lowest BCUT2D eigenvalue weighted by molar-refractivity contribution is 0.0681. The number of para-hydroxylation sites is 2. The number of hydrogen-bond acceptors (Lipinski definition) is 6. The van der Waals surface area contributed by atoms with Gasteiger partial charge in [-0.1, -0.05) is 36.4 Å². The Morgan fingerprint density at radius 3 is 1.34 bits per heavy atom. The number of carboxylic acids is 2. The van der Waals surface area contributed by atoms with E-state index in [1.807, 2.05) is 0 Å². The molecule has 0 bridgehead atoms. The van der Waals surface area contributed by atoms with Crippen LogP contribution in [0.3, 0.4) is 0 Å². The molecule has 142 valence electrons. The van der Waals surface area contributed by atoms with Crippen molar-refractivity contribution in [2.75, 3.05) is 0 Å². The highest BCUT2D eigenvalue weighted by Gasteiger charge is 2.12. The van der Waals surface area contributed by atoms with E-state index < -0.39 is 23.2 Å². The summed E-state index contributed by atoms with van der Waals surface area (Å²) in [6.07, 6.45) is 0. The second-order valence-electron chi connectivity index (χ2n) is 5.58. The molecule has 0 saturated carbocycles. The predicted molar refractivity (Wildman–Crippen MR) is 105 cm³/mol. The third-order valence-electron chi connectivity index (χ3n) is 3.74. The van der Waals surface area contributed by atoms with Gasteiger partial charge in [-0.25, -0.2) is 19.2 Å². The third kappa shape index (κ3) is 4.89. The number of hydrogen-bond donors (Lipinski definition) is 2. The maximum absolute atomic E-state index is 11.1. The van der Waals surface area contributed by atoms with Gasteiger partial charge in [-0.15, -0.1) is 0 Å². The fourth-order valence-electron chi connectivity index (χ4n) is 2.42. The summed E-state index contributed by atoms with van der Waals surface area (Å²) in [7, 11) is 0. The van der Waals surface area contributed by atoms with E-state index in [0.717, 1.165) is 0 Å². The predicted octanol–water partition coefficient (Wildman–Crippen LogP) is 2.60. The maximum Gasteiger partial charge on any atom is 0.351 e. The molecule has 29 heavy (non-hydrogen) atoms. The van der Waals surface area contributed by atoms with Gasteiger partial charge in [-0.05, 0) is 24.3 Å². The van der Waals surface area contributed by atoms with Crippen molar-refractivity contribution in [1.82, 2.24) is 0 Å². The fourth-order valence-corrected chi connectivity index (χ4v) is 2.42. The standard InChI is InChI=1S/2C10H6O4.Mg/c2*11-9(12)7-5-6-3-1-2-4-8(6)14-10(7)13;/h2*1-5H,(H,11,12);. The highest BCUT2D eigenvalue weighted by molar-refractivity contribution is 5.92. The van der Waals surface area contributed by atoms with Crippen LogP contribution in [0.25, 0.3) is 21.9 Å². The van der Waals surface area contributed by atoms with Crippen molar-refractivity contribution in [3.05, 3.63) is 92.6 Å². The van der Waals surface area contributed by atoms with E-state index in [-0.39, 0.29) is 34.2 Å². The topological polar surface area (TPSA) is 135 Å². The van der Waals surface area contributed by atoms with Gasteiger partial charge in [-0.2, -0.15) is 0 Å². The molecule has 0 atom stereocenters. The maximum atomic E-state index is 11.1. The quantitative estimate of drug-likeness (QED) is 0.384. The van der Waals surface area contributed by atoms with Crippen molar-refractivity contribution < 1.29 is 28.6 Å². The highest BCUT2D eigenvalue weighted by Crippen LogP contribution is 2.13. The van der Waals surface area contributed by atoms with E-state index in [0.29, 0.717) is 21.9 Å². The lowest BCUT2D eigenvalue weighted by atomic mass is 10.2. The van der Waals surface area contributed by atoms with Crippen LogP contribution in [0.5, 0.6) is 0 Å². The first-order chi connectivity index (χ1) is 13.4. The van der Waals surface area contributed by atoms with Crippen molar-refractivity contribution >= 4 is 56.9 Å². The van der Waals surface area contributed by atoms with Crippen LogP contribution in [0.1, 0.15) is 20.7 Å². The van der Waals surface area contributed by atoms with Crippen LogP contribution in [0, 0.1) is 0 Å². The average Bonchev–Trinajstić information content (AvgIpc) is 2.67. The van der Waals surface area contributed by atoms with Crippen LogP contribution < -0.4 is 11.3 Å². The van der Waals surface area contributed by atoms with Crippen molar-refractivity contribution in [1.29, 1.82) is 0 Å². The molecule has 4 rings (SSSR count). The number of carboxylic acid groups (broad SMARTS) is 2. The van der Waals surface area contributed by atoms with Gasteiger partial charge < -0.3 is 19.0 Å². The van der Waals surface area contributed by atoms with Gasteiger partial charge >= 0.3 is 23.2 Å². The van der Waals surface area contributed by atoms with Crippen LogP contribution in [-0.2, 0) is 0 Å². The smallest absolute Gasteiger partial charge is 0.351 e. The van der Waals surface area contributed by atoms with Gasteiger partial charge in [0.1, 0.15) is 22.3 Å². The first-order valence-electron chi connectivity index (χ1n) is 7.89. The molecule has 0 spiro atoms. The Balaban J connectivity index is 0.000000200. The van der Waals surface area contributed by atoms with Gasteiger partial charge in [-0.3, -0.25) is 0 Å². The Kier molecular flexibility index (Phi) is 6.91. The summed E-state index contributed by atoms with van der Waals surface area (Å²) >= 11 is 0. The zero-order valence-electron chi connectivity index (χ0n) is 14.8. The molecule has 0 unspecified atom stereocenters. The van der Waals surface area contributed by atoms with Crippen molar-refractivity contribution in [2.45, 2.75) is 0 Å². The number of benzene rings is 2. The second-order valence-corrected chi connectivity index (χ2v) is 5.58. The van der Waals surface area contributed by atoms with Gasteiger partial charge in [0.15, 0.2) is 0 Å². The van der Waals surface area contributed by atoms with Crippen molar-refractivity contribution in [3.63, 3.8) is 0 Å². The molecule has 0 saturated heterocycles. The summed E-state index contributed by atoms with van der Waals surface area (Å²) < 4.78 is 9.64. The molecule has 0 aliphatic rings. The summed E-state index contributed by atoms with van der Waals surface area (Å²) in [6.45, 7) is 0. The molecule has 2 heterocycles. The molecule has 0 aliphatic carbocycles. The van der Waals surface area contributed by atoms with Crippen LogP contribution in [0.4, 0.5) is 0 Å². The second kappa shape index (κ2) is 9.17. The van der Waals surface area contributed by atoms with E-state index in [4.69, 9.17) is 19.0 Å². The van der Waals surface area contributed by atoms with E-state index in [2.05, 4.69) is 0 Å². The Bertz CT molecular complexity index is 1220. The van der Waals surface area contributed by atoms with E-state index in [9.17, 15) is 19.2 Å². The molecule has 2 aromatic heterocycles. The lowest BCUT2D eigenvalue weighted by Gasteiger charge is -1.96. The molecule has 8 nitrogen and oxygen atoms in total. The fraction of sp³-hybridized carbons (Fsp3) is 0. The normalized spacial score (nSPS) is 9.93. The Morgan fingerprint density at radius 1 is 0.655 bits per heavy atom. The van der Waals surface area contributed by atoms with Gasteiger partial charge in [0.2, 0.25) is 0 Å². The van der Waals surface area contributed by atoms with Crippen molar-refractivity contribution in [3.8, 4) is 0 Å². The minimum atomic E-state index is -1.27. The molecule has 2 N–H and O–H groups in total. The van der Waals surface area contributed by atoms with Gasteiger partial charge in [0.05, 0.1) is 0 Å². The van der Waals surface area contributed by atoms with E-state index in [1.165, 1.54) is 12.1 Å². The molecule has 9 heteroatoms. The summed E-state index contributed by atoms with van der Waals surface area (Å²) in [5.74, 6) is -2.55. The Morgan fingerprint density at radius 2 is 1.00 bits per heavy atom. The third-order valence-corrected chi connectivity index (χ3v) is 3.74. The molecular formula is C20H12MgO8. The van der Waals surface area contributed by atoms with Crippen molar-refractivity contribution in [2.24, 2.45) is 0 Å². The minimum absolute atomic E-state index is 0. The van der Waals surface area contributed by atoms with Crippen LogP contribution >= 0.6 is 0 Å². The lowest BCUT2D eigenvalue weighted by Crippen LogP contribution is -2.12. The van der Waals surface area contributed by atoms with E-state index >= 15 is 0 Å². The Labute approximate surface area is 178 Å². The zero-order chi connectivity index (χ0) is 20.3. The monoisotopic (exact) mass is 404 g/mol. The van der Waals surface area contributed by atoms with Crippen LogP contribution in [0.2, 0.25) is 0 Å². The van der Waals surface area contributed by atoms with Crippen LogP contribution in [0.15, 0.2) is 79.1 Å². The molecule has 0 amide bonds. The zero-order valence-corrected chi connectivity index (χ0v) is 16.2. The van der Waals surface area contributed by atoms with E-state index in [1.54, 1.807) is 48.5 Å². The summed E-state index contributed by atoms with van der Waals surface area (Å²) in [5.41, 5.74) is -1.55. The molecule has 2 aromatic carbocycles. The molecular weight excluding hydrogens is 393 g/mol. The first kappa shape index (κ1) is 21.9. The Hall–Kier alpha value is -3.43. The number of fused-ring (bicyclic) bond motifs is 2. The molecule has 4 aromatic rings. The highest BCUT2D eigenvalue weighted by atomic mass is 24.3. The summed E-state index contributed by atoms with van der Waals surface area (Å²) in [5, 5.41) is 18.5. The number of aromatic carboxylic acids is 2. The largest absolute Gasteiger partial charge is 0.477 e. The van der Waals surface area contributed by atoms with Gasteiger partial charge in [0.25, 0.3) is 0 Å². The summed E-state index contributed by atoms with van der Waals surface area (Å²) in [6, 6.07) is 16.1. The van der Waals surface area contributed by atoms with Crippen LogP contribution in [-0.4, -0.2) is 45.2 Å². The SMILES string of the molecule is O=C(O)c1cc2ccccc2oc1=O.O=C(O)c1cc2ccccc2oc1=O.[Mg]. The molecule has 0 aliphatic heterocycles. The minimum Gasteiger partial charge on any atom is -0.477 e. The van der Waals surface area contributed by atoms with Gasteiger partial charge in [0, 0.05) is 33.8 Å².